The normalized spacial score (nSPS) is 12.1. The smallest absolute Gasteiger partial charge is 0.350 e. The maximum atomic E-state index is 12.2. The molecule has 3 N–H and O–H groups in total. The van der Waals surface area contributed by atoms with Crippen LogP contribution in [0.15, 0.2) is 29.3 Å². The Balaban J connectivity index is 1.82. The molecule has 0 aliphatic rings. The highest BCUT2D eigenvalue weighted by Gasteiger charge is 2.20. The summed E-state index contributed by atoms with van der Waals surface area (Å²) in [5.41, 5.74) is 1.21. The van der Waals surface area contributed by atoms with Crippen molar-refractivity contribution in [3.8, 4) is 5.75 Å². The number of hydrogen-bond donors (Lipinski definition) is 3. The van der Waals surface area contributed by atoms with E-state index in [0.717, 1.165) is 5.01 Å². The second-order valence-corrected chi connectivity index (χ2v) is 7.57. The number of amides is 1. The van der Waals surface area contributed by atoms with Gasteiger partial charge in [0.25, 0.3) is 5.91 Å². The highest BCUT2D eigenvalue weighted by Crippen LogP contribution is 2.24. The largest absolute Gasteiger partial charge is 0.497 e. The van der Waals surface area contributed by atoms with Crippen LogP contribution in [0.3, 0.4) is 0 Å². The van der Waals surface area contributed by atoms with Crippen molar-refractivity contribution in [2.24, 2.45) is 4.99 Å². The van der Waals surface area contributed by atoms with Gasteiger partial charge in [0, 0.05) is 25.7 Å². The number of aliphatic imine (C=N–C) groups is 1. The van der Waals surface area contributed by atoms with Crippen LogP contribution in [-0.2, 0) is 4.74 Å². The second kappa shape index (κ2) is 11.9. The van der Waals surface area contributed by atoms with E-state index in [-0.39, 0.29) is 17.9 Å². The lowest BCUT2D eigenvalue weighted by atomic mass is 10.2. The first-order chi connectivity index (χ1) is 14.9. The van der Waals surface area contributed by atoms with E-state index in [0.29, 0.717) is 47.5 Å². The van der Waals surface area contributed by atoms with Gasteiger partial charge < -0.3 is 25.4 Å². The van der Waals surface area contributed by atoms with Crippen molar-refractivity contribution in [2.75, 3.05) is 33.9 Å². The van der Waals surface area contributed by atoms with E-state index >= 15 is 0 Å². The van der Waals surface area contributed by atoms with Crippen molar-refractivity contribution in [3.05, 3.63) is 45.4 Å². The fourth-order valence-electron chi connectivity index (χ4n) is 2.65. The number of methoxy groups -OCH3 is 1. The Labute approximate surface area is 186 Å². The summed E-state index contributed by atoms with van der Waals surface area (Å²) < 4.78 is 10.2. The van der Waals surface area contributed by atoms with E-state index in [9.17, 15) is 9.59 Å². The van der Waals surface area contributed by atoms with Gasteiger partial charge in [-0.25, -0.2) is 9.78 Å². The molecule has 0 spiro atoms. The standard InChI is InChI=1S/C21H29N5O4S/c1-6-30-20(28)17-13(2)25-19(31-17)14(3)26-21(22-4)24-12-11-23-18(27)15-7-9-16(29-5)10-8-15/h7-10,14H,6,11-12H2,1-5H3,(H,23,27)(H2,22,24,26). The highest BCUT2D eigenvalue weighted by atomic mass is 32.1. The van der Waals surface area contributed by atoms with Gasteiger partial charge in [0.15, 0.2) is 5.96 Å². The Kier molecular flexibility index (Phi) is 9.26. The van der Waals surface area contributed by atoms with Crippen LogP contribution in [0.25, 0.3) is 0 Å². The topological polar surface area (TPSA) is 114 Å². The van der Waals surface area contributed by atoms with Crippen LogP contribution in [-0.4, -0.2) is 56.7 Å². The predicted octanol–water partition coefficient (Wildman–Crippen LogP) is 2.29. The molecule has 10 heteroatoms. The van der Waals surface area contributed by atoms with Gasteiger partial charge in [-0.2, -0.15) is 0 Å². The van der Waals surface area contributed by atoms with Crippen LogP contribution in [0.1, 0.15) is 50.6 Å². The average molecular weight is 448 g/mol. The Morgan fingerprint density at radius 2 is 1.87 bits per heavy atom. The molecule has 9 nitrogen and oxygen atoms in total. The molecule has 1 unspecified atom stereocenters. The van der Waals surface area contributed by atoms with E-state index in [1.807, 2.05) is 6.92 Å². The molecule has 2 aromatic rings. The molecule has 0 fully saturated rings. The first-order valence-electron chi connectivity index (χ1n) is 9.93. The van der Waals surface area contributed by atoms with E-state index < -0.39 is 0 Å². The number of aryl methyl sites for hydroxylation is 1. The molecule has 0 saturated carbocycles. The molecule has 1 aromatic heterocycles. The minimum absolute atomic E-state index is 0.160. The zero-order valence-electron chi connectivity index (χ0n) is 18.4. The molecule has 0 aliphatic heterocycles. The molecular weight excluding hydrogens is 418 g/mol. The number of carbonyl (C=O) groups is 2. The fourth-order valence-corrected chi connectivity index (χ4v) is 3.61. The van der Waals surface area contributed by atoms with Crippen LogP contribution in [0, 0.1) is 6.92 Å². The van der Waals surface area contributed by atoms with E-state index in [1.165, 1.54) is 11.3 Å². The number of esters is 1. The third-order valence-electron chi connectivity index (χ3n) is 4.28. The Morgan fingerprint density at radius 1 is 1.19 bits per heavy atom. The van der Waals surface area contributed by atoms with Gasteiger partial charge in [0.2, 0.25) is 0 Å². The monoisotopic (exact) mass is 447 g/mol. The Hall–Kier alpha value is -3.14. The molecular formula is C21H29N5O4S. The number of benzene rings is 1. The number of rotatable bonds is 9. The van der Waals surface area contributed by atoms with Crippen LogP contribution in [0.4, 0.5) is 0 Å². The van der Waals surface area contributed by atoms with Crippen LogP contribution in [0.5, 0.6) is 5.75 Å². The number of guanidine groups is 1. The summed E-state index contributed by atoms with van der Waals surface area (Å²) in [6.07, 6.45) is 0. The molecule has 31 heavy (non-hydrogen) atoms. The van der Waals surface area contributed by atoms with Gasteiger partial charge in [0.05, 0.1) is 25.5 Å². The third kappa shape index (κ3) is 6.95. The fraction of sp³-hybridized carbons (Fsp3) is 0.429. The number of ether oxygens (including phenoxy) is 2. The summed E-state index contributed by atoms with van der Waals surface area (Å²) in [6, 6.07) is 6.75. The van der Waals surface area contributed by atoms with E-state index in [1.54, 1.807) is 52.3 Å². The van der Waals surface area contributed by atoms with Crippen molar-refractivity contribution in [1.82, 2.24) is 20.9 Å². The van der Waals surface area contributed by atoms with Gasteiger partial charge in [-0.05, 0) is 45.0 Å². The summed E-state index contributed by atoms with van der Waals surface area (Å²) in [7, 11) is 3.24. The SMILES string of the molecule is CCOC(=O)c1sc(C(C)NC(=NC)NCCNC(=O)c2ccc(OC)cc2)nc1C. The van der Waals surface area contributed by atoms with Gasteiger partial charge in [-0.1, -0.05) is 0 Å². The van der Waals surface area contributed by atoms with E-state index in [2.05, 4.69) is 25.9 Å². The first-order valence-corrected chi connectivity index (χ1v) is 10.7. The summed E-state index contributed by atoms with van der Waals surface area (Å²) >= 11 is 1.30. The van der Waals surface area contributed by atoms with Crippen molar-refractivity contribution in [2.45, 2.75) is 26.8 Å². The second-order valence-electron chi connectivity index (χ2n) is 6.54. The lowest BCUT2D eigenvalue weighted by Gasteiger charge is -2.16. The summed E-state index contributed by atoms with van der Waals surface area (Å²) in [4.78, 5) is 33.4. The first kappa shape index (κ1) is 24.1. The zero-order valence-corrected chi connectivity index (χ0v) is 19.3. The molecule has 1 amide bonds. The summed E-state index contributed by atoms with van der Waals surface area (Å²) in [6.45, 7) is 6.73. The van der Waals surface area contributed by atoms with Crippen LogP contribution >= 0.6 is 11.3 Å². The Morgan fingerprint density at radius 3 is 2.48 bits per heavy atom. The molecule has 0 saturated heterocycles. The molecule has 0 bridgehead atoms. The molecule has 0 aliphatic carbocycles. The van der Waals surface area contributed by atoms with Crippen LogP contribution in [0.2, 0.25) is 0 Å². The van der Waals surface area contributed by atoms with Gasteiger partial charge in [0.1, 0.15) is 15.6 Å². The predicted molar refractivity (Wildman–Crippen MR) is 121 cm³/mol. The molecule has 168 valence electrons. The maximum Gasteiger partial charge on any atom is 0.350 e. The lowest BCUT2D eigenvalue weighted by Crippen LogP contribution is -2.42. The molecule has 1 heterocycles. The third-order valence-corrected chi connectivity index (χ3v) is 5.60. The number of nitrogens with one attached hydrogen (secondary N) is 3. The van der Waals surface area contributed by atoms with Gasteiger partial charge in [-0.15, -0.1) is 11.3 Å². The minimum atomic E-state index is -0.356. The van der Waals surface area contributed by atoms with Gasteiger partial charge in [-0.3, -0.25) is 9.79 Å². The number of hydrogen-bond acceptors (Lipinski definition) is 7. The molecule has 1 atom stereocenters. The molecule has 1 aromatic carbocycles. The molecule has 2 rings (SSSR count). The number of thiazole rings is 1. The highest BCUT2D eigenvalue weighted by molar-refractivity contribution is 7.13. The zero-order chi connectivity index (χ0) is 22.8. The van der Waals surface area contributed by atoms with Gasteiger partial charge >= 0.3 is 5.97 Å². The van der Waals surface area contributed by atoms with Crippen molar-refractivity contribution in [3.63, 3.8) is 0 Å². The summed E-state index contributed by atoms with van der Waals surface area (Å²) in [5.74, 6) is 0.750. The van der Waals surface area contributed by atoms with Crippen LogP contribution < -0.4 is 20.7 Å². The minimum Gasteiger partial charge on any atom is -0.497 e. The summed E-state index contributed by atoms with van der Waals surface area (Å²) in [5, 5.41) is 9.99. The average Bonchev–Trinajstić information content (AvgIpc) is 3.17. The van der Waals surface area contributed by atoms with Crippen molar-refractivity contribution >= 4 is 29.2 Å². The number of aromatic nitrogens is 1. The number of carbonyl (C=O) groups excluding carboxylic acids is 2. The van der Waals surface area contributed by atoms with Crippen molar-refractivity contribution < 1.29 is 19.1 Å². The Bertz CT molecular complexity index is 911. The lowest BCUT2D eigenvalue weighted by molar-refractivity contribution is 0.0531. The van der Waals surface area contributed by atoms with E-state index in [4.69, 9.17) is 9.47 Å². The van der Waals surface area contributed by atoms with Crippen molar-refractivity contribution in [1.29, 1.82) is 0 Å². The maximum absolute atomic E-state index is 12.2. The quantitative estimate of drug-likeness (QED) is 0.234. The molecule has 0 radical (unpaired) electrons. The number of nitrogens with zero attached hydrogens (tertiary/aromatic N) is 2.